The zero-order valence-corrected chi connectivity index (χ0v) is 8.28. The molecule has 12 heavy (non-hydrogen) atoms. The van der Waals surface area contributed by atoms with E-state index in [4.69, 9.17) is 4.74 Å². The number of sulfone groups is 1. The zero-order valence-electron chi connectivity index (χ0n) is 7.46. The number of hydrogen-bond donors (Lipinski definition) is 1. The Bertz CT molecular complexity index is 243. The Morgan fingerprint density at radius 3 is 2.42 bits per heavy atom. The minimum atomic E-state index is -2.88. The molecule has 0 saturated carbocycles. The third kappa shape index (κ3) is 3.08. The molecule has 0 aromatic carbocycles. The second-order valence-electron chi connectivity index (χ2n) is 3.53. The van der Waals surface area contributed by atoms with E-state index >= 15 is 0 Å². The van der Waals surface area contributed by atoms with E-state index in [9.17, 15) is 8.42 Å². The highest BCUT2D eigenvalue weighted by atomic mass is 32.2. The molecule has 0 radical (unpaired) electrons. The normalized spacial score (nSPS) is 21.8. The van der Waals surface area contributed by atoms with Gasteiger partial charge in [0.05, 0.1) is 18.0 Å². The van der Waals surface area contributed by atoms with E-state index in [1.807, 2.05) is 6.92 Å². The van der Waals surface area contributed by atoms with Gasteiger partial charge in [0.25, 0.3) is 0 Å². The summed E-state index contributed by atoms with van der Waals surface area (Å²) in [6.07, 6.45) is 1.22. The van der Waals surface area contributed by atoms with Crippen LogP contribution >= 0.6 is 0 Å². The standard InChI is InChI=1S/C7H15NO3S/c1-7(5-8-6-7)11-3-4-12(2,9)10/h8H,3-6H2,1-2H3. The topological polar surface area (TPSA) is 55.4 Å². The predicted molar refractivity (Wildman–Crippen MR) is 46.9 cm³/mol. The van der Waals surface area contributed by atoms with E-state index in [2.05, 4.69) is 5.32 Å². The third-order valence-corrected chi connectivity index (χ3v) is 2.81. The summed E-state index contributed by atoms with van der Waals surface area (Å²) in [5.41, 5.74) is -0.134. The maximum absolute atomic E-state index is 10.7. The Balaban J connectivity index is 2.18. The van der Waals surface area contributed by atoms with Crippen molar-refractivity contribution in [1.82, 2.24) is 5.32 Å². The Morgan fingerprint density at radius 1 is 1.50 bits per heavy atom. The molecule has 0 aliphatic carbocycles. The van der Waals surface area contributed by atoms with Crippen molar-refractivity contribution in [2.24, 2.45) is 0 Å². The summed E-state index contributed by atoms with van der Waals surface area (Å²) >= 11 is 0. The molecule has 0 spiro atoms. The average Bonchev–Trinajstić information content (AvgIpc) is 1.81. The number of rotatable bonds is 4. The van der Waals surface area contributed by atoms with Crippen LogP contribution in [-0.2, 0) is 14.6 Å². The molecule has 1 N–H and O–H groups in total. The number of hydrogen-bond acceptors (Lipinski definition) is 4. The Hall–Kier alpha value is -0.130. The van der Waals surface area contributed by atoms with Crippen LogP contribution in [0.2, 0.25) is 0 Å². The maximum Gasteiger partial charge on any atom is 0.149 e. The van der Waals surface area contributed by atoms with Crippen LogP contribution in [0.5, 0.6) is 0 Å². The first kappa shape index (κ1) is 9.95. The molecule has 1 aliphatic rings. The summed E-state index contributed by atoms with van der Waals surface area (Å²) in [5.74, 6) is 0.114. The van der Waals surface area contributed by atoms with Crippen LogP contribution in [-0.4, -0.2) is 45.7 Å². The lowest BCUT2D eigenvalue weighted by Crippen LogP contribution is -2.59. The van der Waals surface area contributed by atoms with Gasteiger partial charge in [-0.3, -0.25) is 0 Å². The molecule has 1 fully saturated rings. The fourth-order valence-corrected chi connectivity index (χ4v) is 1.40. The molecule has 0 aromatic heterocycles. The van der Waals surface area contributed by atoms with Crippen LogP contribution in [0.3, 0.4) is 0 Å². The van der Waals surface area contributed by atoms with Gasteiger partial charge in [0.15, 0.2) is 0 Å². The molecule has 0 bridgehead atoms. The average molecular weight is 193 g/mol. The highest BCUT2D eigenvalue weighted by Crippen LogP contribution is 2.14. The van der Waals surface area contributed by atoms with Crippen LogP contribution < -0.4 is 5.32 Å². The third-order valence-electron chi connectivity index (χ3n) is 1.90. The first-order valence-electron chi connectivity index (χ1n) is 3.94. The van der Waals surface area contributed by atoms with Gasteiger partial charge in [-0.2, -0.15) is 0 Å². The van der Waals surface area contributed by atoms with Crippen LogP contribution in [0.15, 0.2) is 0 Å². The molecule has 1 rings (SSSR count). The zero-order chi connectivity index (χ0) is 9.24. The highest BCUT2D eigenvalue weighted by molar-refractivity contribution is 7.90. The van der Waals surface area contributed by atoms with E-state index in [0.29, 0.717) is 6.61 Å². The highest BCUT2D eigenvalue weighted by Gasteiger charge is 2.32. The lowest BCUT2D eigenvalue weighted by atomic mass is 10.0. The quantitative estimate of drug-likeness (QED) is 0.648. The van der Waals surface area contributed by atoms with Crippen molar-refractivity contribution in [2.45, 2.75) is 12.5 Å². The van der Waals surface area contributed by atoms with Crippen molar-refractivity contribution in [2.75, 3.05) is 31.7 Å². The van der Waals surface area contributed by atoms with Gasteiger partial charge in [-0.25, -0.2) is 8.42 Å². The Labute approximate surface area is 73.2 Å². The molecular weight excluding hydrogens is 178 g/mol. The van der Waals surface area contributed by atoms with Crippen LogP contribution in [0.4, 0.5) is 0 Å². The van der Waals surface area contributed by atoms with Crippen molar-refractivity contribution in [3.8, 4) is 0 Å². The summed E-state index contributed by atoms with van der Waals surface area (Å²) < 4.78 is 26.9. The second kappa shape index (κ2) is 3.32. The maximum atomic E-state index is 10.7. The Morgan fingerprint density at radius 2 is 2.08 bits per heavy atom. The summed E-state index contributed by atoms with van der Waals surface area (Å²) in [5, 5.41) is 3.07. The van der Waals surface area contributed by atoms with E-state index in [1.54, 1.807) is 0 Å². The summed E-state index contributed by atoms with van der Waals surface area (Å²) in [4.78, 5) is 0. The van der Waals surface area contributed by atoms with Gasteiger partial charge >= 0.3 is 0 Å². The van der Waals surface area contributed by atoms with Crippen LogP contribution in [0, 0.1) is 0 Å². The van der Waals surface area contributed by atoms with E-state index < -0.39 is 9.84 Å². The molecule has 0 aromatic rings. The van der Waals surface area contributed by atoms with Gasteiger partial charge in [-0.05, 0) is 6.92 Å². The van der Waals surface area contributed by atoms with Crippen molar-refractivity contribution in [3.63, 3.8) is 0 Å². The van der Waals surface area contributed by atoms with E-state index in [1.165, 1.54) is 6.26 Å². The molecule has 0 atom stereocenters. The van der Waals surface area contributed by atoms with Gasteiger partial charge in [0.2, 0.25) is 0 Å². The minimum Gasteiger partial charge on any atom is -0.372 e. The first-order chi connectivity index (χ1) is 5.41. The smallest absolute Gasteiger partial charge is 0.149 e. The molecular formula is C7H15NO3S. The molecule has 5 heteroatoms. The molecule has 1 heterocycles. The fraction of sp³-hybridized carbons (Fsp3) is 1.00. The largest absolute Gasteiger partial charge is 0.372 e. The lowest BCUT2D eigenvalue weighted by Gasteiger charge is -2.38. The first-order valence-corrected chi connectivity index (χ1v) is 6.00. The molecule has 72 valence electrons. The summed E-state index contributed by atoms with van der Waals surface area (Å²) in [6.45, 7) is 3.91. The van der Waals surface area contributed by atoms with Crippen molar-refractivity contribution >= 4 is 9.84 Å². The van der Waals surface area contributed by atoms with Crippen molar-refractivity contribution in [3.05, 3.63) is 0 Å². The summed E-state index contributed by atoms with van der Waals surface area (Å²) in [6, 6.07) is 0. The summed E-state index contributed by atoms with van der Waals surface area (Å²) in [7, 11) is -2.88. The van der Waals surface area contributed by atoms with Crippen molar-refractivity contribution in [1.29, 1.82) is 0 Å². The number of nitrogens with one attached hydrogen (secondary N) is 1. The molecule has 4 nitrogen and oxygen atoms in total. The van der Waals surface area contributed by atoms with Gasteiger partial charge < -0.3 is 10.1 Å². The SMILES string of the molecule is CC1(OCCS(C)(=O)=O)CNC1. The van der Waals surface area contributed by atoms with Gasteiger partial charge in [0.1, 0.15) is 9.84 Å². The molecule has 0 amide bonds. The fourth-order valence-electron chi connectivity index (χ4n) is 1.02. The van der Waals surface area contributed by atoms with E-state index in [0.717, 1.165) is 13.1 Å². The van der Waals surface area contributed by atoms with Crippen LogP contribution in [0.25, 0.3) is 0 Å². The second-order valence-corrected chi connectivity index (χ2v) is 5.79. The van der Waals surface area contributed by atoms with E-state index in [-0.39, 0.29) is 11.4 Å². The van der Waals surface area contributed by atoms with Crippen LogP contribution in [0.1, 0.15) is 6.92 Å². The monoisotopic (exact) mass is 193 g/mol. The van der Waals surface area contributed by atoms with Gasteiger partial charge in [-0.15, -0.1) is 0 Å². The molecule has 0 unspecified atom stereocenters. The predicted octanol–water partition coefficient (Wildman–Crippen LogP) is -0.590. The number of ether oxygens (including phenoxy) is 1. The van der Waals surface area contributed by atoms with Gasteiger partial charge in [-0.1, -0.05) is 0 Å². The Kier molecular flexibility index (Phi) is 2.75. The lowest BCUT2D eigenvalue weighted by molar-refractivity contribution is -0.0597. The molecule has 1 saturated heterocycles. The molecule has 1 aliphatic heterocycles. The van der Waals surface area contributed by atoms with Gasteiger partial charge in [0, 0.05) is 19.3 Å². The van der Waals surface area contributed by atoms with Crippen molar-refractivity contribution < 1.29 is 13.2 Å². The minimum absolute atomic E-state index is 0.114.